The molecule has 2 rings (SSSR count). The largest absolute Gasteiger partial charge is 0.496 e. The van der Waals surface area contributed by atoms with Crippen LogP contribution in [0.15, 0.2) is 24.3 Å². The van der Waals surface area contributed by atoms with Crippen LogP contribution in [0.3, 0.4) is 0 Å². The normalized spacial score (nSPS) is 10.5. The van der Waals surface area contributed by atoms with Gasteiger partial charge in [-0.05, 0) is 32.9 Å². The van der Waals surface area contributed by atoms with Gasteiger partial charge in [0.25, 0.3) is 0 Å². The molecule has 118 valence electrons. The highest BCUT2D eigenvalue weighted by Gasteiger charge is 2.17. The fourth-order valence-corrected chi connectivity index (χ4v) is 3.44. The summed E-state index contributed by atoms with van der Waals surface area (Å²) in [6, 6.07) is 7.82. The second kappa shape index (κ2) is 7.40. The number of ether oxygens (including phenoxy) is 1. The average Bonchev–Trinajstić information content (AvgIpc) is 2.89. The summed E-state index contributed by atoms with van der Waals surface area (Å²) in [6.07, 6.45) is 0.417. The van der Waals surface area contributed by atoms with Crippen LogP contribution in [0.2, 0.25) is 0 Å². The number of amides is 1. The molecule has 0 N–H and O–H groups in total. The van der Waals surface area contributed by atoms with E-state index in [2.05, 4.69) is 4.98 Å². The topological polar surface area (TPSA) is 42.4 Å². The molecule has 0 saturated carbocycles. The van der Waals surface area contributed by atoms with Crippen LogP contribution in [0.5, 0.6) is 5.75 Å². The maximum Gasteiger partial charge on any atom is 0.227 e. The lowest BCUT2D eigenvalue weighted by atomic mass is 10.2. The molecule has 0 saturated heterocycles. The highest BCUT2D eigenvalue weighted by atomic mass is 32.1. The van der Waals surface area contributed by atoms with E-state index in [1.807, 2.05) is 49.9 Å². The second-order valence-corrected chi connectivity index (χ2v) is 6.05. The number of aromatic nitrogens is 1. The molecule has 0 bridgehead atoms. The Hall–Kier alpha value is -1.88. The van der Waals surface area contributed by atoms with E-state index in [0.717, 1.165) is 40.0 Å². The van der Waals surface area contributed by atoms with Gasteiger partial charge in [0.15, 0.2) is 0 Å². The minimum atomic E-state index is 0.156. The second-order valence-electron chi connectivity index (χ2n) is 4.97. The lowest BCUT2D eigenvalue weighted by Gasteiger charge is -2.18. The third-order valence-electron chi connectivity index (χ3n) is 3.66. The molecule has 5 heteroatoms. The minimum absolute atomic E-state index is 0.156. The molecule has 2 aromatic rings. The summed E-state index contributed by atoms with van der Waals surface area (Å²) in [7, 11) is 1.66. The monoisotopic (exact) mass is 318 g/mol. The molecule has 1 heterocycles. The van der Waals surface area contributed by atoms with Crippen LogP contribution in [0.4, 0.5) is 0 Å². The summed E-state index contributed by atoms with van der Waals surface area (Å²) in [5, 5.41) is 0.900. The van der Waals surface area contributed by atoms with Crippen LogP contribution in [-0.2, 0) is 11.2 Å². The Bertz CT molecular complexity index is 648. The molecule has 1 aromatic carbocycles. The third-order valence-corrected chi connectivity index (χ3v) is 4.85. The van der Waals surface area contributed by atoms with Crippen molar-refractivity contribution in [3.8, 4) is 16.3 Å². The summed E-state index contributed by atoms with van der Waals surface area (Å²) in [5.41, 5.74) is 1.89. The van der Waals surface area contributed by atoms with Gasteiger partial charge >= 0.3 is 0 Å². The highest BCUT2D eigenvalue weighted by molar-refractivity contribution is 7.15. The molecule has 1 aromatic heterocycles. The van der Waals surface area contributed by atoms with Gasteiger partial charge in [-0.15, -0.1) is 11.3 Å². The first kappa shape index (κ1) is 16.5. The number of hydrogen-bond donors (Lipinski definition) is 0. The van der Waals surface area contributed by atoms with Gasteiger partial charge in [-0.3, -0.25) is 4.79 Å². The Morgan fingerprint density at radius 2 is 1.95 bits per heavy atom. The molecule has 0 aliphatic rings. The standard InChI is InChI=1S/C17H22N2O2S/c1-5-19(6-2)16(20)11-15-12(3)18-17(22-15)13-9-7-8-10-14(13)21-4/h7-10H,5-6,11H2,1-4H3. The molecule has 0 fully saturated rings. The summed E-state index contributed by atoms with van der Waals surface area (Å²) in [4.78, 5) is 19.8. The Kier molecular flexibility index (Phi) is 5.55. The number of benzene rings is 1. The van der Waals surface area contributed by atoms with Gasteiger partial charge in [-0.2, -0.15) is 0 Å². The number of rotatable bonds is 6. The first-order valence-electron chi connectivity index (χ1n) is 7.48. The van der Waals surface area contributed by atoms with E-state index < -0.39 is 0 Å². The maximum absolute atomic E-state index is 12.3. The van der Waals surface area contributed by atoms with Gasteiger partial charge in [0, 0.05) is 18.0 Å². The molecule has 0 atom stereocenters. The fraction of sp³-hybridized carbons (Fsp3) is 0.412. The molecule has 0 aliphatic heterocycles. The van der Waals surface area contributed by atoms with Crippen LogP contribution in [0, 0.1) is 6.92 Å². The van der Waals surface area contributed by atoms with Gasteiger partial charge in [0.1, 0.15) is 10.8 Å². The van der Waals surface area contributed by atoms with E-state index in [9.17, 15) is 4.79 Å². The number of hydrogen-bond acceptors (Lipinski definition) is 4. The number of methoxy groups -OCH3 is 1. The van der Waals surface area contributed by atoms with Gasteiger partial charge in [-0.25, -0.2) is 4.98 Å². The lowest BCUT2D eigenvalue weighted by molar-refractivity contribution is -0.130. The van der Waals surface area contributed by atoms with E-state index in [1.165, 1.54) is 0 Å². The molecule has 0 unspecified atom stereocenters. The summed E-state index contributed by atoms with van der Waals surface area (Å²) >= 11 is 1.57. The van der Waals surface area contributed by atoms with E-state index in [1.54, 1.807) is 18.4 Å². The maximum atomic E-state index is 12.3. The number of thiazole rings is 1. The Morgan fingerprint density at radius 1 is 1.27 bits per heavy atom. The Morgan fingerprint density at radius 3 is 2.59 bits per heavy atom. The number of carbonyl (C=O) groups excluding carboxylic acids is 1. The highest BCUT2D eigenvalue weighted by Crippen LogP contribution is 2.34. The molecule has 0 radical (unpaired) electrons. The molecule has 0 aliphatic carbocycles. The van der Waals surface area contributed by atoms with Crippen molar-refractivity contribution in [3.05, 3.63) is 34.8 Å². The van der Waals surface area contributed by atoms with Crippen molar-refractivity contribution in [2.24, 2.45) is 0 Å². The number of aryl methyl sites for hydroxylation is 1. The fourth-order valence-electron chi connectivity index (χ4n) is 2.35. The predicted molar refractivity (Wildman–Crippen MR) is 90.5 cm³/mol. The first-order valence-corrected chi connectivity index (χ1v) is 8.29. The van der Waals surface area contributed by atoms with Crippen molar-refractivity contribution in [2.75, 3.05) is 20.2 Å². The van der Waals surface area contributed by atoms with Crippen LogP contribution in [-0.4, -0.2) is 36.0 Å². The van der Waals surface area contributed by atoms with Gasteiger partial charge in [-0.1, -0.05) is 12.1 Å². The summed E-state index contributed by atoms with van der Waals surface area (Å²) in [6.45, 7) is 7.45. The van der Waals surface area contributed by atoms with Crippen LogP contribution in [0.1, 0.15) is 24.4 Å². The number of likely N-dealkylation sites (N-methyl/N-ethyl adjacent to an activating group) is 1. The molecular weight excluding hydrogens is 296 g/mol. The summed E-state index contributed by atoms with van der Waals surface area (Å²) < 4.78 is 5.39. The van der Waals surface area contributed by atoms with E-state index in [4.69, 9.17) is 4.74 Å². The van der Waals surface area contributed by atoms with Gasteiger partial charge < -0.3 is 9.64 Å². The molecular formula is C17H22N2O2S. The van der Waals surface area contributed by atoms with Crippen molar-refractivity contribution in [2.45, 2.75) is 27.2 Å². The average molecular weight is 318 g/mol. The quantitative estimate of drug-likeness (QED) is 0.818. The SMILES string of the molecule is CCN(CC)C(=O)Cc1sc(-c2ccccc2OC)nc1C. The Balaban J connectivity index is 2.27. The zero-order chi connectivity index (χ0) is 16.1. The van der Waals surface area contributed by atoms with Crippen molar-refractivity contribution in [1.82, 2.24) is 9.88 Å². The van der Waals surface area contributed by atoms with Crippen LogP contribution < -0.4 is 4.74 Å². The van der Waals surface area contributed by atoms with Gasteiger partial charge in [0.2, 0.25) is 5.91 Å². The Labute approximate surface area is 135 Å². The van der Waals surface area contributed by atoms with Crippen molar-refractivity contribution < 1.29 is 9.53 Å². The first-order chi connectivity index (χ1) is 10.6. The van der Waals surface area contributed by atoms with Crippen LogP contribution in [0.25, 0.3) is 10.6 Å². The zero-order valence-electron chi connectivity index (χ0n) is 13.5. The van der Waals surface area contributed by atoms with Crippen LogP contribution >= 0.6 is 11.3 Å². The molecule has 4 nitrogen and oxygen atoms in total. The van der Waals surface area contributed by atoms with E-state index in [-0.39, 0.29) is 5.91 Å². The van der Waals surface area contributed by atoms with E-state index >= 15 is 0 Å². The molecule has 22 heavy (non-hydrogen) atoms. The smallest absolute Gasteiger partial charge is 0.227 e. The zero-order valence-corrected chi connectivity index (χ0v) is 14.4. The summed E-state index contributed by atoms with van der Waals surface area (Å²) in [5.74, 6) is 0.959. The molecule has 1 amide bonds. The minimum Gasteiger partial charge on any atom is -0.496 e. The lowest BCUT2D eigenvalue weighted by Crippen LogP contribution is -2.31. The number of nitrogens with zero attached hydrogens (tertiary/aromatic N) is 2. The van der Waals surface area contributed by atoms with Gasteiger partial charge in [0.05, 0.1) is 24.8 Å². The van der Waals surface area contributed by atoms with Crippen molar-refractivity contribution >= 4 is 17.2 Å². The van der Waals surface area contributed by atoms with Crippen molar-refractivity contribution in [3.63, 3.8) is 0 Å². The van der Waals surface area contributed by atoms with Crippen molar-refractivity contribution in [1.29, 1.82) is 0 Å². The predicted octanol–water partition coefficient (Wildman–Crippen LogP) is 3.54. The number of para-hydroxylation sites is 1. The molecule has 0 spiro atoms. The third kappa shape index (κ3) is 3.47. The van der Waals surface area contributed by atoms with E-state index in [0.29, 0.717) is 6.42 Å². The number of carbonyl (C=O) groups is 1.